The van der Waals surface area contributed by atoms with Gasteiger partial charge in [-0.05, 0) is 12.3 Å². The van der Waals surface area contributed by atoms with Gasteiger partial charge in [0.15, 0.2) is 0 Å². The number of thioether (sulfide) groups is 1. The molecule has 0 saturated carbocycles. The standard InChI is InChI=1S/C7H7NO2S2/c1-12-7-3-5(8(9)10)2-6(11)4-7/h2-4,11H,1H3. The van der Waals surface area contributed by atoms with Crippen molar-refractivity contribution in [3.05, 3.63) is 28.3 Å². The lowest BCUT2D eigenvalue weighted by atomic mass is 10.3. The summed E-state index contributed by atoms with van der Waals surface area (Å²) in [7, 11) is 0. The molecule has 0 saturated heterocycles. The SMILES string of the molecule is CSc1cc(S)cc([N+](=O)[O-])c1. The van der Waals surface area contributed by atoms with Crippen molar-refractivity contribution in [2.75, 3.05) is 6.26 Å². The lowest BCUT2D eigenvalue weighted by Gasteiger charge is -1.97. The van der Waals surface area contributed by atoms with Gasteiger partial charge >= 0.3 is 0 Å². The van der Waals surface area contributed by atoms with E-state index in [9.17, 15) is 10.1 Å². The number of hydrogen-bond acceptors (Lipinski definition) is 4. The fourth-order valence-corrected chi connectivity index (χ4v) is 1.63. The van der Waals surface area contributed by atoms with Gasteiger partial charge in [-0.3, -0.25) is 10.1 Å². The molecule has 0 unspecified atom stereocenters. The number of benzene rings is 1. The highest BCUT2D eigenvalue weighted by molar-refractivity contribution is 7.98. The normalized spacial score (nSPS) is 9.83. The molecular weight excluding hydrogens is 194 g/mol. The number of non-ortho nitro benzene ring substituents is 1. The van der Waals surface area contributed by atoms with Crippen molar-refractivity contribution >= 4 is 30.1 Å². The van der Waals surface area contributed by atoms with Crippen LogP contribution in [0, 0.1) is 10.1 Å². The number of nitro benzene ring substituents is 1. The number of nitrogens with zero attached hydrogens (tertiary/aromatic N) is 1. The highest BCUT2D eigenvalue weighted by Crippen LogP contribution is 2.25. The van der Waals surface area contributed by atoms with Crippen LogP contribution in [0.3, 0.4) is 0 Å². The molecule has 0 fully saturated rings. The van der Waals surface area contributed by atoms with Gasteiger partial charge in [-0.2, -0.15) is 0 Å². The summed E-state index contributed by atoms with van der Waals surface area (Å²) in [4.78, 5) is 11.4. The molecule has 1 aromatic rings. The quantitative estimate of drug-likeness (QED) is 0.346. The molecule has 0 aliphatic carbocycles. The van der Waals surface area contributed by atoms with Gasteiger partial charge in [0.2, 0.25) is 0 Å². The summed E-state index contributed by atoms with van der Waals surface area (Å²) in [6.07, 6.45) is 1.87. The molecular formula is C7H7NO2S2. The third kappa shape index (κ3) is 2.15. The molecule has 0 atom stereocenters. The topological polar surface area (TPSA) is 43.1 Å². The number of hydrogen-bond donors (Lipinski definition) is 1. The monoisotopic (exact) mass is 201 g/mol. The second kappa shape index (κ2) is 3.82. The number of thiol groups is 1. The van der Waals surface area contributed by atoms with E-state index in [2.05, 4.69) is 12.6 Å². The molecule has 0 amide bonds. The van der Waals surface area contributed by atoms with Crippen LogP contribution >= 0.6 is 24.4 Å². The van der Waals surface area contributed by atoms with Crippen LogP contribution in [-0.4, -0.2) is 11.2 Å². The van der Waals surface area contributed by atoms with E-state index in [-0.39, 0.29) is 5.69 Å². The summed E-state index contributed by atoms with van der Waals surface area (Å²) in [5.41, 5.74) is 0.0897. The summed E-state index contributed by atoms with van der Waals surface area (Å²) in [6, 6.07) is 4.76. The van der Waals surface area contributed by atoms with Crippen molar-refractivity contribution in [2.45, 2.75) is 9.79 Å². The zero-order chi connectivity index (χ0) is 9.14. The Morgan fingerprint density at radius 2 is 2.17 bits per heavy atom. The lowest BCUT2D eigenvalue weighted by molar-refractivity contribution is -0.385. The predicted octanol–water partition coefficient (Wildman–Crippen LogP) is 2.61. The third-order valence-electron chi connectivity index (χ3n) is 1.32. The molecule has 0 N–H and O–H groups in total. The van der Waals surface area contributed by atoms with Crippen molar-refractivity contribution in [3.8, 4) is 0 Å². The lowest BCUT2D eigenvalue weighted by Crippen LogP contribution is -1.87. The van der Waals surface area contributed by atoms with Crippen LogP contribution in [0.25, 0.3) is 0 Å². The van der Waals surface area contributed by atoms with E-state index in [1.165, 1.54) is 23.9 Å². The van der Waals surface area contributed by atoms with E-state index in [0.717, 1.165) is 4.90 Å². The minimum Gasteiger partial charge on any atom is -0.258 e. The molecule has 0 aliphatic heterocycles. The molecule has 5 heteroatoms. The number of nitro groups is 1. The molecule has 1 aromatic carbocycles. The van der Waals surface area contributed by atoms with Crippen LogP contribution in [0.2, 0.25) is 0 Å². The van der Waals surface area contributed by atoms with Gasteiger partial charge < -0.3 is 0 Å². The Bertz CT molecular complexity index is 314. The van der Waals surface area contributed by atoms with Crippen LogP contribution in [0.4, 0.5) is 5.69 Å². The van der Waals surface area contributed by atoms with Gasteiger partial charge in [-0.15, -0.1) is 24.4 Å². The Kier molecular flexibility index (Phi) is 2.99. The average molecular weight is 201 g/mol. The first-order chi connectivity index (χ1) is 5.63. The second-order valence-corrected chi connectivity index (χ2v) is 3.54. The molecule has 0 heterocycles. The van der Waals surface area contributed by atoms with Crippen molar-refractivity contribution in [2.24, 2.45) is 0 Å². The summed E-state index contributed by atoms with van der Waals surface area (Å²) in [5.74, 6) is 0. The minimum absolute atomic E-state index is 0.0897. The fourth-order valence-electron chi connectivity index (χ4n) is 0.791. The molecule has 1 rings (SSSR count). The van der Waals surface area contributed by atoms with E-state index < -0.39 is 4.92 Å². The smallest absolute Gasteiger partial charge is 0.258 e. The highest BCUT2D eigenvalue weighted by atomic mass is 32.2. The maximum atomic E-state index is 10.4. The zero-order valence-corrected chi connectivity index (χ0v) is 8.06. The van der Waals surface area contributed by atoms with E-state index in [4.69, 9.17) is 0 Å². The summed E-state index contributed by atoms with van der Waals surface area (Å²) >= 11 is 5.52. The van der Waals surface area contributed by atoms with E-state index >= 15 is 0 Å². The maximum absolute atomic E-state index is 10.4. The molecule has 64 valence electrons. The molecule has 0 aromatic heterocycles. The first kappa shape index (κ1) is 9.41. The summed E-state index contributed by atoms with van der Waals surface area (Å²) in [6.45, 7) is 0. The molecule has 12 heavy (non-hydrogen) atoms. The first-order valence-corrected chi connectivity index (χ1v) is 4.83. The van der Waals surface area contributed by atoms with Crippen molar-refractivity contribution in [1.29, 1.82) is 0 Å². The predicted molar refractivity (Wildman–Crippen MR) is 52.1 cm³/mol. The Hall–Kier alpha value is -0.680. The van der Waals surface area contributed by atoms with Crippen LogP contribution in [-0.2, 0) is 0 Å². The van der Waals surface area contributed by atoms with Gasteiger partial charge in [0, 0.05) is 21.9 Å². The van der Waals surface area contributed by atoms with E-state index in [0.29, 0.717) is 4.90 Å². The van der Waals surface area contributed by atoms with E-state index in [1.54, 1.807) is 6.07 Å². The van der Waals surface area contributed by atoms with E-state index in [1.807, 2.05) is 6.26 Å². The van der Waals surface area contributed by atoms with Crippen molar-refractivity contribution in [1.82, 2.24) is 0 Å². The zero-order valence-electron chi connectivity index (χ0n) is 6.35. The first-order valence-electron chi connectivity index (χ1n) is 3.16. The van der Waals surface area contributed by atoms with Gasteiger partial charge in [-0.1, -0.05) is 0 Å². The molecule has 0 bridgehead atoms. The number of rotatable bonds is 2. The van der Waals surface area contributed by atoms with Crippen molar-refractivity contribution < 1.29 is 4.92 Å². The molecule has 0 radical (unpaired) electrons. The largest absolute Gasteiger partial charge is 0.271 e. The maximum Gasteiger partial charge on any atom is 0.271 e. The van der Waals surface area contributed by atoms with Gasteiger partial charge in [0.1, 0.15) is 0 Å². The molecule has 3 nitrogen and oxygen atoms in total. The van der Waals surface area contributed by atoms with Crippen LogP contribution in [0.1, 0.15) is 0 Å². The fraction of sp³-hybridized carbons (Fsp3) is 0.143. The van der Waals surface area contributed by atoms with Crippen LogP contribution in [0.5, 0.6) is 0 Å². The second-order valence-electron chi connectivity index (χ2n) is 2.15. The third-order valence-corrected chi connectivity index (χ3v) is 2.29. The highest BCUT2D eigenvalue weighted by Gasteiger charge is 2.07. The Morgan fingerprint density at radius 3 is 2.67 bits per heavy atom. The van der Waals surface area contributed by atoms with Gasteiger partial charge in [-0.25, -0.2) is 0 Å². The average Bonchev–Trinajstić information content (AvgIpc) is 2.03. The Labute approximate surface area is 79.7 Å². The van der Waals surface area contributed by atoms with Crippen molar-refractivity contribution in [3.63, 3.8) is 0 Å². The summed E-state index contributed by atoms with van der Waals surface area (Å²) in [5, 5.41) is 10.4. The Balaban J connectivity index is 3.15. The van der Waals surface area contributed by atoms with Crippen LogP contribution in [0.15, 0.2) is 28.0 Å². The summed E-state index contributed by atoms with van der Waals surface area (Å²) < 4.78 is 0. The van der Waals surface area contributed by atoms with Gasteiger partial charge in [0.05, 0.1) is 4.92 Å². The van der Waals surface area contributed by atoms with Gasteiger partial charge in [0.25, 0.3) is 5.69 Å². The molecule has 0 aliphatic rings. The Morgan fingerprint density at radius 1 is 1.50 bits per heavy atom. The minimum atomic E-state index is -0.417. The molecule has 0 spiro atoms. The van der Waals surface area contributed by atoms with Crippen LogP contribution < -0.4 is 0 Å².